The van der Waals surface area contributed by atoms with Gasteiger partial charge in [0.05, 0.1) is 5.02 Å². The first-order chi connectivity index (χ1) is 6.16. The first-order valence-corrected chi connectivity index (χ1v) is 3.98. The van der Waals surface area contributed by atoms with E-state index in [-0.39, 0.29) is 5.69 Å². The van der Waals surface area contributed by atoms with E-state index in [1.54, 1.807) is 28.9 Å². The van der Waals surface area contributed by atoms with Crippen molar-refractivity contribution in [1.82, 2.24) is 9.38 Å². The van der Waals surface area contributed by atoms with Gasteiger partial charge in [-0.2, -0.15) is 0 Å². The number of rotatable bonds is 1. The molecule has 2 heterocycles. The number of aromatic nitrogens is 2. The predicted molar refractivity (Wildman–Crippen MR) is 48.7 cm³/mol. The lowest BCUT2D eigenvalue weighted by Gasteiger charge is -1.91. The number of hydrogen-bond donors (Lipinski definition) is 1. The second-order valence-electron chi connectivity index (χ2n) is 2.60. The van der Waals surface area contributed by atoms with Crippen molar-refractivity contribution < 1.29 is 4.79 Å². The quantitative estimate of drug-likeness (QED) is 0.741. The molecule has 2 N–H and O–H groups in total. The average Bonchev–Trinajstić information content (AvgIpc) is 2.46. The molecule has 0 aliphatic heterocycles. The highest BCUT2D eigenvalue weighted by atomic mass is 35.5. The highest BCUT2D eigenvalue weighted by Gasteiger charge is 2.05. The Kier molecular flexibility index (Phi) is 1.70. The van der Waals surface area contributed by atoms with Crippen LogP contribution in [0.1, 0.15) is 10.5 Å². The zero-order chi connectivity index (χ0) is 9.42. The summed E-state index contributed by atoms with van der Waals surface area (Å²) in [6, 6.07) is 3.42. The fourth-order valence-corrected chi connectivity index (χ4v) is 1.25. The van der Waals surface area contributed by atoms with Crippen molar-refractivity contribution in [2.24, 2.45) is 5.73 Å². The van der Waals surface area contributed by atoms with Gasteiger partial charge < -0.3 is 10.1 Å². The highest BCUT2D eigenvalue weighted by Crippen LogP contribution is 2.11. The molecule has 1 amide bonds. The first-order valence-electron chi connectivity index (χ1n) is 3.61. The molecule has 0 aliphatic carbocycles. The van der Waals surface area contributed by atoms with E-state index in [9.17, 15) is 4.79 Å². The van der Waals surface area contributed by atoms with Crippen LogP contribution in [-0.2, 0) is 0 Å². The number of nitrogens with two attached hydrogens (primary N) is 1. The molecule has 0 spiro atoms. The second-order valence-corrected chi connectivity index (χ2v) is 3.04. The van der Waals surface area contributed by atoms with Gasteiger partial charge in [0.15, 0.2) is 0 Å². The molecule has 2 aromatic rings. The first kappa shape index (κ1) is 8.07. The van der Waals surface area contributed by atoms with Crippen LogP contribution in [0.2, 0.25) is 5.02 Å². The van der Waals surface area contributed by atoms with Crippen LogP contribution in [0, 0.1) is 0 Å². The molecule has 0 bridgehead atoms. The van der Waals surface area contributed by atoms with Gasteiger partial charge in [-0.05, 0) is 12.1 Å². The summed E-state index contributed by atoms with van der Waals surface area (Å²) in [6.45, 7) is 0. The Balaban J connectivity index is 2.68. The van der Waals surface area contributed by atoms with E-state index in [0.29, 0.717) is 10.7 Å². The summed E-state index contributed by atoms with van der Waals surface area (Å²) in [4.78, 5) is 14.8. The molecular weight excluding hydrogens is 190 g/mol. The van der Waals surface area contributed by atoms with Crippen molar-refractivity contribution in [3.05, 3.63) is 35.2 Å². The molecule has 0 aliphatic rings. The zero-order valence-electron chi connectivity index (χ0n) is 6.57. The van der Waals surface area contributed by atoms with E-state index in [1.165, 1.54) is 0 Å². The molecule has 0 saturated carbocycles. The molecule has 0 saturated heterocycles. The largest absolute Gasteiger partial charge is 0.364 e. The van der Waals surface area contributed by atoms with Crippen LogP contribution in [0.4, 0.5) is 0 Å². The van der Waals surface area contributed by atoms with Crippen LogP contribution >= 0.6 is 11.6 Å². The Hall–Kier alpha value is -1.55. The minimum absolute atomic E-state index is 0.238. The van der Waals surface area contributed by atoms with Crippen molar-refractivity contribution in [3.63, 3.8) is 0 Å². The molecule has 66 valence electrons. The molecule has 2 aromatic heterocycles. The molecular formula is C8H6ClN3O. The molecule has 0 unspecified atom stereocenters. The summed E-state index contributed by atoms with van der Waals surface area (Å²) in [7, 11) is 0. The third-order valence-electron chi connectivity index (χ3n) is 1.67. The lowest BCUT2D eigenvalue weighted by molar-refractivity contribution is 0.0996. The number of fused-ring (bicyclic) bond motifs is 1. The Morgan fingerprint density at radius 2 is 2.23 bits per heavy atom. The van der Waals surface area contributed by atoms with Gasteiger partial charge in [-0.15, -0.1) is 0 Å². The number of carbonyl (C=O) groups excluding carboxylic acids is 1. The van der Waals surface area contributed by atoms with Crippen molar-refractivity contribution in [2.75, 3.05) is 0 Å². The minimum atomic E-state index is -0.542. The number of imidazole rings is 1. The third kappa shape index (κ3) is 1.36. The number of hydrogen-bond acceptors (Lipinski definition) is 2. The van der Waals surface area contributed by atoms with Gasteiger partial charge in [0.1, 0.15) is 11.3 Å². The van der Waals surface area contributed by atoms with Gasteiger partial charge >= 0.3 is 0 Å². The molecule has 2 rings (SSSR count). The van der Waals surface area contributed by atoms with Crippen LogP contribution in [0.3, 0.4) is 0 Å². The summed E-state index contributed by atoms with van der Waals surface area (Å²) < 4.78 is 1.66. The van der Waals surface area contributed by atoms with Gasteiger partial charge in [-0.1, -0.05) is 11.6 Å². The third-order valence-corrected chi connectivity index (χ3v) is 1.89. The van der Waals surface area contributed by atoms with E-state index in [4.69, 9.17) is 17.3 Å². The van der Waals surface area contributed by atoms with Gasteiger partial charge in [0.2, 0.25) is 0 Å². The van der Waals surface area contributed by atoms with Crippen molar-refractivity contribution in [1.29, 1.82) is 0 Å². The number of pyridine rings is 1. The van der Waals surface area contributed by atoms with Gasteiger partial charge in [0, 0.05) is 12.4 Å². The van der Waals surface area contributed by atoms with Crippen LogP contribution in [0.25, 0.3) is 5.65 Å². The fraction of sp³-hybridized carbons (Fsp3) is 0. The Labute approximate surface area is 78.9 Å². The zero-order valence-corrected chi connectivity index (χ0v) is 7.32. The summed E-state index contributed by atoms with van der Waals surface area (Å²) in [5, 5.41) is 0.584. The van der Waals surface area contributed by atoms with Crippen molar-refractivity contribution >= 4 is 23.2 Å². The fourth-order valence-electron chi connectivity index (χ4n) is 1.08. The smallest absolute Gasteiger partial charge is 0.268 e. The highest BCUT2D eigenvalue weighted by molar-refractivity contribution is 6.30. The lowest BCUT2D eigenvalue weighted by Crippen LogP contribution is -2.10. The van der Waals surface area contributed by atoms with Crippen molar-refractivity contribution in [2.45, 2.75) is 0 Å². The molecule has 13 heavy (non-hydrogen) atoms. The van der Waals surface area contributed by atoms with Gasteiger partial charge in [0.25, 0.3) is 5.91 Å². The number of carbonyl (C=O) groups is 1. The molecule has 0 aromatic carbocycles. The number of halogens is 1. The predicted octanol–water partition coefficient (Wildman–Crippen LogP) is 1.09. The maximum absolute atomic E-state index is 10.8. The van der Waals surface area contributed by atoms with E-state index < -0.39 is 5.91 Å². The lowest BCUT2D eigenvalue weighted by atomic mass is 10.5. The molecule has 5 heteroatoms. The molecule has 0 atom stereocenters. The number of amides is 1. The summed E-state index contributed by atoms with van der Waals surface area (Å²) in [5.74, 6) is -0.542. The van der Waals surface area contributed by atoms with Crippen LogP contribution in [0.5, 0.6) is 0 Å². The van der Waals surface area contributed by atoms with E-state index in [2.05, 4.69) is 4.98 Å². The van der Waals surface area contributed by atoms with Crippen LogP contribution in [-0.4, -0.2) is 15.3 Å². The minimum Gasteiger partial charge on any atom is -0.364 e. The summed E-state index contributed by atoms with van der Waals surface area (Å²) >= 11 is 5.74. The van der Waals surface area contributed by atoms with E-state index >= 15 is 0 Å². The monoisotopic (exact) mass is 195 g/mol. The molecule has 0 radical (unpaired) electrons. The van der Waals surface area contributed by atoms with E-state index in [0.717, 1.165) is 0 Å². The van der Waals surface area contributed by atoms with Gasteiger partial charge in [-0.3, -0.25) is 4.79 Å². The Morgan fingerprint density at radius 3 is 2.92 bits per heavy atom. The van der Waals surface area contributed by atoms with Crippen molar-refractivity contribution in [3.8, 4) is 0 Å². The standard InChI is InChI=1S/C8H6ClN3O/c9-5-1-2-7-11-6(8(10)13)4-12(7)3-5/h1-4H,(H2,10,13). The Bertz CT molecular complexity index is 477. The normalized spacial score (nSPS) is 10.5. The van der Waals surface area contributed by atoms with Crippen LogP contribution < -0.4 is 5.73 Å². The summed E-state index contributed by atoms with van der Waals surface area (Å²) in [6.07, 6.45) is 3.21. The molecule has 0 fully saturated rings. The van der Waals surface area contributed by atoms with Crippen LogP contribution in [0.15, 0.2) is 24.5 Å². The summed E-state index contributed by atoms with van der Waals surface area (Å²) in [5.41, 5.74) is 5.96. The van der Waals surface area contributed by atoms with E-state index in [1.807, 2.05) is 0 Å². The maximum atomic E-state index is 10.8. The second kappa shape index (κ2) is 2.74. The number of primary amides is 1. The Morgan fingerprint density at radius 1 is 1.46 bits per heavy atom. The molecule has 4 nitrogen and oxygen atoms in total. The number of nitrogens with zero attached hydrogens (tertiary/aromatic N) is 2. The van der Waals surface area contributed by atoms with Gasteiger partial charge in [-0.25, -0.2) is 4.98 Å². The topological polar surface area (TPSA) is 60.4 Å². The average molecular weight is 196 g/mol. The maximum Gasteiger partial charge on any atom is 0.268 e. The SMILES string of the molecule is NC(=O)c1cn2cc(Cl)ccc2n1.